The molecule has 17 heavy (non-hydrogen) atoms. The Kier molecular flexibility index (Phi) is 3.64. The van der Waals surface area contributed by atoms with Crippen LogP contribution in [0, 0.1) is 0 Å². The van der Waals surface area contributed by atoms with Crippen molar-refractivity contribution in [2.45, 2.75) is 6.92 Å². The van der Waals surface area contributed by atoms with Crippen molar-refractivity contribution in [1.82, 2.24) is 9.88 Å². The van der Waals surface area contributed by atoms with E-state index in [0.29, 0.717) is 10.6 Å². The molecule has 1 saturated heterocycles. The molecule has 1 aromatic rings. The standard InChI is InChI=1S/C12H16ClN3O/c1-9(17)10-7-12(14-8-11(10)13)16-5-3-15(2)4-6-16/h7-8H,3-6H2,1-2H3. The maximum Gasteiger partial charge on any atom is 0.161 e. The molecule has 1 aliphatic rings. The Hall–Kier alpha value is -1.13. The molecule has 1 aliphatic heterocycles. The Morgan fingerprint density at radius 1 is 1.35 bits per heavy atom. The number of rotatable bonds is 2. The van der Waals surface area contributed by atoms with E-state index in [-0.39, 0.29) is 5.78 Å². The first-order valence-electron chi connectivity index (χ1n) is 5.68. The first-order valence-corrected chi connectivity index (χ1v) is 6.05. The molecular formula is C12H16ClN3O. The fourth-order valence-electron chi connectivity index (χ4n) is 1.91. The number of carbonyl (C=O) groups excluding carboxylic acids is 1. The van der Waals surface area contributed by atoms with Gasteiger partial charge in [0, 0.05) is 37.9 Å². The molecule has 0 radical (unpaired) electrons. The molecule has 2 heterocycles. The van der Waals surface area contributed by atoms with Crippen molar-refractivity contribution in [3.63, 3.8) is 0 Å². The van der Waals surface area contributed by atoms with Gasteiger partial charge in [0.15, 0.2) is 5.78 Å². The minimum atomic E-state index is -0.0206. The Bertz CT molecular complexity index is 428. The van der Waals surface area contributed by atoms with Crippen LogP contribution in [0.25, 0.3) is 0 Å². The molecule has 0 amide bonds. The van der Waals surface area contributed by atoms with E-state index in [1.54, 1.807) is 12.3 Å². The topological polar surface area (TPSA) is 36.4 Å². The summed E-state index contributed by atoms with van der Waals surface area (Å²) in [6.45, 7) is 5.42. The van der Waals surface area contributed by atoms with Gasteiger partial charge in [-0.1, -0.05) is 11.6 Å². The summed E-state index contributed by atoms with van der Waals surface area (Å²) in [6, 6.07) is 1.79. The number of ketones is 1. The van der Waals surface area contributed by atoms with Crippen molar-refractivity contribution < 1.29 is 4.79 Å². The van der Waals surface area contributed by atoms with Gasteiger partial charge in [-0.05, 0) is 20.0 Å². The zero-order valence-corrected chi connectivity index (χ0v) is 10.9. The number of likely N-dealkylation sites (N-methyl/N-ethyl adjacent to an activating group) is 1. The fourth-order valence-corrected chi connectivity index (χ4v) is 2.14. The fraction of sp³-hybridized carbons (Fsp3) is 0.500. The van der Waals surface area contributed by atoms with E-state index in [1.165, 1.54) is 6.92 Å². The van der Waals surface area contributed by atoms with E-state index < -0.39 is 0 Å². The van der Waals surface area contributed by atoms with Crippen molar-refractivity contribution in [1.29, 1.82) is 0 Å². The lowest BCUT2D eigenvalue weighted by atomic mass is 10.2. The van der Waals surface area contributed by atoms with Crippen molar-refractivity contribution in [3.05, 3.63) is 22.8 Å². The molecule has 1 fully saturated rings. The lowest BCUT2D eigenvalue weighted by molar-refractivity contribution is 0.101. The van der Waals surface area contributed by atoms with E-state index in [2.05, 4.69) is 21.8 Å². The Morgan fingerprint density at radius 3 is 2.59 bits per heavy atom. The first kappa shape index (κ1) is 12.3. The number of hydrogen-bond donors (Lipinski definition) is 0. The summed E-state index contributed by atoms with van der Waals surface area (Å²) in [5.41, 5.74) is 0.551. The van der Waals surface area contributed by atoms with Gasteiger partial charge >= 0.3 is 0 Å². The molecule has 0 spiro atoms. The number of Topliss-reactive ketones (excluding diaryl/α,β-unsaturated/α-hetero) is 1. The zero-order chi connectivity index (χ0) is 12.4. The number of piperazine rings is 1. The average molecular weight is 254 g/mol. The van der Waals surface area contributed by atoms with Crippen LogP contribution in [0.4, 0.5) is 5.82 Å². The number of pyridine rings is 1. The van der Waals surface area contributed by atoms with Crippen molar-refractivity contribution in [2.75, 3.05) is 38.1 Å². The smallest absolute Gasteiger partial charge is 0.161 e. The molecule has 4 nitrogen and oxygen atoms in total. The van der Waals surface area contributed by atoms with Crippen LogP contribution < -0.4 is 4.90 Å². The van der Waals surface area contributed by atoms with Crippen LogP contribution >= 0.6 is 11.6 Å². The highest BCUT2D eigenvalue weighted by molar-refractivity contribution is 6.33. The second-order valence-corrected chi connectivity index (χ2v) is 4.78. The van der Waals surface area contributed by atoms with Crippen LogP contribution in [-0.4, -0.2) is 48.9 Å². The van der Waals surface area contributed by atoms with Crippen LogP contribution in [0.5, 0.6) is 0 Å². The van der Waals surface area contributed by atoms with E-state index in [9.17, 15) is 4.79 Å². The Morgan fingerprint density at radius 2 is 2.00 bits per heavy atom. The molecule has 0 unspecified atom stereocenters. The van der Waals surface area contributed by atoms with Crippen LogP contribution in [0.1, 0.15) is 17.3 Å². The second-order valence-electron chi connectivity index (χ2n) is 4.37. The van der Waals surface area contributed by atoms with Crippen LogP contribution in [0.3, 0.4) is 0 Å². The number of halogens is 1. The number of nitrogens with zero attached hydrogens (tertiary/aromatic N) is 3. The van der Waals surface area contributed by atoms with Crippen molar-refractivity contribution >= 4 is 23.2 Å². The van der Waals surface area contributed by atoms with Gasteiger partial charge in [-0.15, -0.1) is 0 Å². The van der Waals surface area contributed by atoms with Crippen LogP contribution in [-0.2, 0) is 0 Å². The number of aromatic nitrogens is 1. The number of hydrogen-bond acceptors (Lipinski definition) is 4. The van der Waals surface area contributed by atoms with Gasteiger partial charge in [-0.3, -0.25) is 4.79 Å². The van der Waals surface area contributed by atoms with E-state index in [0.717, 1.165) is 32.0 Å². The van der Waals surface area contributed by atoms with Crippen molar-refractivity contribution in [3.8, 4) is 0 Å². The van der Waals surface area contributed by atoms with Gasteiger partial charge < -0.3 is 9.80 Å². The van der Waals surface area contributed by atoms with E-state index in [4.69, 9.17) is 11.6 Å². The third-order valence-electron chi connectivity index (χ3n) is 3.05. The second kappa shape index (κ2) is 5.02. The summed E-state index contributed by atoms with van der Waals surface area (Å²) in [6.07, 6.45) is 1.56. The maximum absolute atomic E-state index is 11.4. The monoisotopic (exact) mass is 253 g/mol. The summed E-state index contributed by atoms with van der Waals surface area (Å²) >= 11 is 5.94. The molecular weight excluding hydrogens is 238 g/mol. The highest BCUT2D eigenvalue weighted by Crippen LogP contribution is 2.21. The Balaban J connectivity index is 2.21. The lowest BCUT2D eigenvalue weighted by Gasteiger charge is -2.33. The molecule has 0 bridgehead atoms. The zero-order valence-electron chi connectivity index (χ0n) is 10.1. The third-order valence-corrected chi connectivity index (χ3v) is 3.35. The SMILES string of the molecule is CC(=O)c1cc(N2CCN(C)CC2)ncc1Cl. The van der Waals surface area contributed by atoms with Gasteiger partial charge in [-0.25, -0.2) is 4.98 Å². The largest absolute Gasteiger partial charge is 0.354 e. The highest BCUT2D eigenvalue weighted by atomic mass is 35.5. The van der Waals surface area contributed by atoms with Crippen molar-refractivity contribution in [2.24, 2.45) is 0 Å². The molecule has 0 N–H and O–H groups in total. The predicted molar refractivity (Wildman–Crippen MR) is 69.0 cm³/mol. The highest BCUT2D eigenvalue weighted by Gasteiger charge is 2.17. The maximum atomic E-state index is 11.4. The molecule has 92 valence electrons. The van der Waals surface area contributed by atoms with Gasteiger partial charge in [-0.2, -0.15) is 0 Å². The quantitative estimate of drug-likeness (QED) is 0.752. The molecule has 2 rings (SSSR count). The summed E-state index contributed by atoms with van der Waals surface area (Å²) in [7, 11) is 2.10. The summed E-state index contributed by atoms with van der Waals surface area (Å²) < 4.78 is 0. The van der Waals surface area contributed by atoms with E-state index >= 15 is 0 Å². The first-order chi connectivity index (χ1) is 8.08. The molecule has 0 saturated carbocycles. The summed E-state index contributed by atoms with van der Waals surface area (Å²) in [5, 5.41) is 0.426. The summed E-state index contributed by atoms with van der Waals surface area (Å²) in [4.78, 5) is 20.2. The minimum absolute atomic E-state index is 0.0206. The summed E-state index contributed by atoms with van der Waals surface area (Å²) in [5.74, 6) is 0.820. The Labute approximate surface area is 106 Å². The lowest BCUT2D eigenvalue weighted by Crippen LogP contribution is -2.44. The molecule has 5 heteroatoms. The molecule has 0 aromatic carbocycles. The van der Waals surface area contributed by atoms with Crippen LogP contribution in [0.2, 0.25) is 5.02 Å². The normalized spacial score (nSPS) is 17.2. The van der Waals surface area contributed by atoms with Gasteiger partial charge in [0.05, 0.1) is 5.02 Å². The van der Waals surface area contributed by atoms with Gasteiger partial charge in [0.1, 0.15) is 5.82 Å². The average Bonchev–Trinajstić information content (AvgIpc) is 2.30. The predicted octanol–water partition coefficient (Wildman–Crippen LogP) is 1.69. The third kappa shape index (κ3) is 2.76. The number of anilines is 1. The number of carbonyl (C=O) groups is 1. The molecule has 1 aromatic heterocycles. The van der Waals surface area contributed by atoms with E-state index in [1.807, 2.05) is 0 Å². The minimum Gasteiger partial charge on any atom is -0.354 e. The molecule has 0 atom stereocenters. The van der Waals surface area contributed by atoms with Gasteiger partial charge in [0.2, 0.25) is 0 Å². The molecule has 0 aliphatic carbocycles. The van der Waals surface area contributed by atoms with Crippen LogP contribution in [0.15, 0.2) is 12.3 Å². The van der Waals surface area contributed by atoms with Gasteiger partial charge in [0.25, 0.3) is 0 Å².